The van der Waals surface area contributed by atoms with Crippen LogP contribution in [0.5, 0.6) is 0 Å². The van der Waals surface area contributed by atoms with E-state index in [1.807, 2.05) is 0 Å². The van der Waals surface area contributed by atoms with Crippen molar-refractivity contribution in [2.45, 2.75) is 51.0 Å². The lowest BCUT2D eigenvalue weighted by Gasteiger charge is -2.37. The van der Waals surface area contributed by atoms with Gasteiger partial charge in [0.25, 0.3) is 0 Å². The van der Waals surface area contributed by atoms with Gasteiger partial charge in [-0.2, -0.15) is 0 Å². The van der Waals surface area contributed by atoms with E-state index in [4.69, 9.17) is 13.3 Å². The van der Waals surface area contributed by atoms with E-state index in [-0.39, 0.29) is 6.04 Å². The summed E-state index contributed by atoms with van der Waals surface area (Å²) in [7, 11) is 2.44. The van der Waals surface area contributed by atoms with E-state index < -0.39 is 8.80 Å². The zero-order chi connectivity index (χ0) is 27.9. The molecule has 0 spiro atoms. The molecule has 3 rings (SSSR count). The molecule has 0 bridgehead atoms. The maximum atomic E-state index is 5.75. The fourth-order valence-electron chi connectivity index (χ4n) is 5.29. The Morgan fingerprint density at radius 1 is 0.718 bits per heavy atom. The lowest BCUT2D eigenvalue weighted by Crippen LogP contribution is -2.46. The molecule has 0 heterocycles. The van der Waals surface area contributed by atoms with Crippen LogP contribution in [0, 0.1) is 0 Å². The van der Waals surface area contributed by atoms with Gasteiger partial charge in [-0.25, -0.2) is 0 Å². The first-order valence-electron chi connectivity index (χ1n) is 14.0. The predicted octanol–water partition coefficient (Wildman–Crippen LogP) is 6.96. The minimum Gasteiger partial charge on any atom is -0.377 e. The van der Waals surface area contributed by atoms with Gasteiger partial charge in [0.1, 0.15) is 0 Å². The standard InChI is InChI=1S/C33H46N2O3Si/c1-6-32(23-26-39(36-3,37-4)38-5)34(27-29-17-11-8-12-18-29)24-25-35(28-30-19-13-9-14-20-30)33(7-2)31-21-15-10-16-22-31/h7-22,32-33H,2,6,23-28H2,1,3-5H3. The average molecular weight is 547 g/mol. The van der Waals surface area contributed by atoms with Gasteiger partial charge in [0.15, 0.2) is 0 Å². The summed E-state index contributed by atoms with van der Waals surface area (Å²) >= 11 is 0. The largest absolute Gasteiger partial charge is 0.500 e. The quantitative estimate of drug-likeness (QED) is 0.127. The Balaban J connectivity index is 1.85. The van der Waals surface area contributed by atoms with E-state index in [0.717, 1.165) is 45.1 Å². The summed E-state index contributed by atoms with van der Waals surface area (Å²) < 4.78 is 17.2. The van der Waals surface area contributed by atoms with Gasteiger partial charge in [-0.15, -0.1) is 6.58 Å². The Hall–Kier alpha value is -2.58. The fourth-order valence-corrected chi connectivity index (χ4v) is 7.09. The average Bonchev–Trinajstić information content (AvgIpc) is 3.00. The van der Waals surface area contributed by atoms with Crippen molar-refractivity contribution in [2.75, 3.05) is 34.4 Å². The van der Waals surface area contributed by atoms with Crippen molar-refractivity contribution in [3.63, 3.8) is 0 Å². The minimum absolute atomic E-state index is 0.126. The van der Waals surface area contributed by atoms with Crippen molar-refractivity contribution in [1.82, 2.24) is 9.80 Å². The summed E-state index contributed by atoms with van der Waals surface area (Å²) in [5, 5.41) is 0. The van der Waals surface area contributed by atoms with Gasteiger partial charge in [0.05, 0.1) is 6.04 Å². The van der Waals surface area contributed by atoms with Gasteiger partial charge in [0, 0.05) is 59.6 Å². The van der Waals surface area contributed by atoms with E-state index >= 15 is 0 Å². The van der Waals surface area contributed by atoms with Crippen LogP contribution in [0.15, 0.2) is 104 Å². The van der Waals surface area contributed by atoms with Crippen LogP contribution in [-0.4, -0.2) is 59.1 Å². The molecule has 0 amide bonds. The lowest BCUT2D eigenvalue weighted by atomic mass is 10.0. The summed E-state index contributed by atoms with van der Waals surface area (Å²) in [5.41, 5.74) is 3.89. The summed E-state index contributed by atoms with van der Waals surface area (Å²) in [6, 6.07) is 33.5. The van der Waals surface area contributed by atoms with Gasteiger partial charge in [-0.1, -0.05) is 104 Å². The van der Waals surface area contributed by atoms with E-state index in [1.165, 1.54) is 16.7 Å². The molecule has 3 aromatic rings. The smallest absolute Gasteiger partial charge is 0.377 e. The molecule has 0 fully saturated rings. The van der Waals surface area contributed by atoms with Crippen LogP contribution in [0.1, 0.15) is 42.5 Å². The molecule has 0 aliphatic carbocycles. The van der Waals surface area contributed by atoms with Crippen molar-refractivity contribution < 1.29 is 13.3 Å². The molecule has 0 radical (unpaired) electrons. The van der Waals surface area contributed by atoms with Gasteiger partial charge < -0.3 is 13.3 Å². The minimum atomic E-state index is -2.65. The molecule has 2 unspecified atom stereocenters. The van der Waals surface area contributed by atoms with Gasteiger partial charge in [-0.05, 0) is 29.5 Å². The zero-order valence-electron chi connectivity index (χ0n) is 24.2. The Kier molecular flexibility index (Phi) is 13.1. The third-order valence-electron chi connectivity index (χ3n) is 7.59. The van der Waals surface area contributed by atoms with E-state index in [9.17, 15) is 0 Å². The molecular weight excluding hydrogens is 500 g/mol. The highest BCUT2D eigenvalue weighted by atomic mass is 28.4. The van der Waals surface area contributed by atoms with Crippen molar-refractivity contribution >= 4 is 8.80 Å². The van der Waals surface area contributed by atoms with E-state index in [0.29, 0.717) is 6.04 Å². The lowest BCUT2D eigenvalue weighted by molar-refractivity contribution is 0.107. The Labute approximate surface area is 237 Å². The second-order valence-corrected chi connectivity index (χ2v) is 13.0. The molecule has 0 saturated carbocycles. The molecule has 2 atom stereocenters. The van der Waals surface area contributed by atoms with Crippen molar-refractivity contribution in [3.8, 4) is 0 Å². The third kappa shape index (κ3) is 9.24. The Morgan fingerprint density at radius 2 is 1.18 bits per heavy atom. The number of benzene rings is 3. The van der Waals surface area contributed by atoms with Crippen molar-refractivity contribution in [2.24, 2.45) is 0 Å². The Morgan fingerprint density at radius 3 is 1.64 bits per heavy atom. The van der Waals surface area contributed by atoms with Crippen LogP contribution >= 0.6 is 0 Å². The molecule has 0 saturated heterocycles. The second-order valence-electron chi connectivity index (χ2n) is 9.90. The topological polar surface area (TPSA) is 34.2 Å². The summed E-state index contributed by atoms with van der Waals surface area (Å²) in [6.07, 6.45) is 4.07. The first kappa shape index (κ1) is 31.0. The van der Waals surface area contributed by atoms with Crippen LogP contribution in [-0.2, 0) is 26.4 Å². The maximum absolute atomic E-state index is 5.75. The number of rotatable bonds is 18. The van der Waals surface area contributed by atoms with Crippen LogP contribution in [0.2, 0.25) is 6.04 Å². The second kappa shape index (κ2) is 16.5. The van der Waals surface area contributed by atoms with Gasteiger partial charge in [-0.3, -0.25) is 9.80 Å². The number of hydrogen-bond donors (Lipinski definition) is 0. The molecule has 0 aliphatic heterocycles. The van der Waals surface area contributed by atoms with Crippen LogP contribution < -0.4 is 0 Å². The summed E-state index contributed by atoms with van der Waals surface area (Å²) in [6.45, 7) is 10.1. The van der Waals surface area contributed by atoms with E-state index in [2.05, 4.69) is 120 Å². The SMILES string of the molecule is C=CC(c1ccccc1)N(CCN(Cc1ccccc1)C(CC)CC[Si](OC)(OC)OC)Cc1ccccc1. The Bertz CT molecular complexity index is 1060. The first-order valence-corrected chi connectivity index (χ1v) is 15.9. The van der Waals surface area contributed by atoms with Crippen LogP contribution in [0.3, 0.4) is 0 Å². The molecule has 3 aromatic carbocycles. The molecule has 0 N–H and O–H groups in total. The van der Waals surface area contributed by atoms with Crippen LogP contribution in [0.25, 0.3) is 0 Å². The normalized spacial score (nSPS) is 13.5. The molecule has 5 nitrogen and oxygen atoms in total. The molecule has 39 heavy (non-hydrogen) atoms. The zero-order valence-corrected chi connectivity index (χ0v) is 25.2. The number of nitrogens with zero attached hydrogens (tertiary/aromatic N) is 2. The monoisotopic (exact) mass is 546 g/mol. The summed E-state index contributed by atoms with van der Waals surface area (Å²) in [4.78, 5) is 5.17. The first-order chi connectivity index (χ1) is 19.1. The van der Waals surface area contributed by atoms with Gasteiger partial charge >= 0.3 is 8.80 Å². The highest BCUT2D eigenvalue weighted by molar-refractivity contribution is 6.60. The van der Waals surface area contributed by atoms with Gasteiger partial charge in [0.2, 0.25) is 0 Å². The number of hydrogen-bond acceptors (Lipinski definition) is 5. The van der Waals surface area contributed by atoms with Crippen molar-refractivity contribution in [3.05, 3.63) is 120 Å². The summed E-state index contributed by atoms with van der Waals surface area (Å²) in [5.74, 6) is 0. The highest BCUT2D eigenvalue weighted by Gasteiger charge is 2.38. The fraction of sp³-hybridized carbons (Fsp3) is 0.394. The predicted molar refractivity (Wildman–Crippen MR) is 163 cm³/mol. The van der Waals surface area contributed by atoms with E-state index in [1.54, 1.807) is 21.3 Å². The van der Waals surface area contributed by atoms with Crippen molar-refractivity contribution in [1.29, 1.82) is 0 Å². The highest BCUT2D eigenvalue weighted by Crippen LogP contribution is 2.26. The molecule has 0 aliphatic rings. The molecular formula is C33H46N2O3Si. The molecule has 6 heteroatoms. The molecule has 210 valence electrons. The maximum Gasteiger partial charge on any atom is 0.500 e. The van der Waals surface area contributed by atoms with Crippen LogP contribution in [0.4, 0.5) is 0 Å². The molecule has 0 aromatic heterocycles. The third-order valence-corrected chi connectivity index (χ3v) is 10.4.